The minimum Gasteiger partial charge on any atom is -0.481 e. The van der Waals surface area contributed by atoms with Crippen LogP contribution in [0.1, 0.15) is 32.6 Å². The zero-order chi connectivity index (χ0) is 9.23. The van der Waals surface area contributed by atoms with Crippen molar-refractivity contribution in [3.8, 4) is 0 Å². The summed E-state index contributed by atoms with van der Waals surface area (Å²) in [6.07, 6.45) is 14.0. The van der Waals surface area contributed by atoms with Crippen molar-refractivity contribution in [3.05, 3.63) is 24.3 Å². The van der Waals surface area contributed by atoms with Crippen molar-refractivity contribution in [1.82, 2.24) is 0 Å². The summed E-state index contributed by atoms with van der Waals surface area (Å²) in [6.45, 7) is 1.08. The summed E-state index contributed by atoms with van der Waals surface area (Å²) in [4.78, 5) is 9.00. The van der Waals surface area contributed by atoms with Gasteiger partial charge in [0, 0.05) is 6.92 Å². The first-order chi connectivity index (χ1) is 5.73. The molecule has 0 unspecified atom stereocenters. The van der Waals surface area contributed by atoms with E-state index < -0.39 is 5.97 Å². The van der Waals surface area contributed by atoms with Crippen LogP contribution in [0.15, 0.2) is 24.3 Å². The molecule has 1 aliphatic rings. The molecule has 0 aliphatic heterocycles. The van der Waals surface area contributed by atoms with E-state index in [2.05, 4.69) is 24.3 Å². The van der Waals surface area contributed by atoms with Crippen LogP contribution in [0, 0.1) is 0 Å². The van der Waals surface area contributed by atoms with Gasteiger partial charge in [-0.3, -0.25) is 4.79 Å². The van der Waals surface area contributed by atoms with Crippen LogP contribution in [0.25, 0.3) is 0 Å². The quantitative estimate of drug-likeness (QED) is 0.565. The minimum absolute atomic E-state index is 0.833. The normalized spacial score (nSPS) is 15.4. The number of carbonyl (C=O) groups is 1. The molecule has 2 nitrogen and oxygen atoms in total. The molecule has 0 atom stereocenters. The van der Waals surface area contributed by atoms with Crippen molar-refractivity contribution in [2.45, 2.75) is 32.6 Å². The maximum absolute atomic E-state index is 9.00. The molecule has 1 aliphatic carbocycles. The second-order valence-electron chi connectivity index (χ2n) is 2.62. The van der Waals surface area contributed by atoms with Gasteiger partial charge in [0.05, 0.1) is 0 Å². The molecule has 12 heavy (non-hydrogen) atoms. The highest BCUT2D eigenvalue weighted by atomic mass is 16.4. The van der Waals surface area contributed by atoms with Crippen LogP contribution in [0.3, 0.4) is 0 Å². The van der Waals surface area contributed by atoms with Crippen LogP contribution in [0.5, 0.6) is 0 Å². The zero-order valence-electron chi connectivity index (χ0n) is 7.49. The molecule has 0 heterocycles. The summed E-state index contributed by atoms with van der Waals surface area (Å²) in [5, 5.41) is 7.42. The van der Waals surface area contributed by atoms with E-state index >= 15 is 0 Å². The van der Waals surface area contributed by atoms with Gasteiger partial charge in [-0.2, -0.15) is 0 Å². The number of carboxylic acid groups (broad SMARTS) is 1. The maximum Gasteiger partial charge on any atom is 0.300 e. The highest BCUT2D eigenvalue weighted by Gasteiger charge is 1.81. The van der Waals surface area contributed by atoms with E-state index in [0.717, 1.165) is 6.92 Å². The topological polar surface area (TPSA) is 37.3 Å². The van der Waals surface area contributed by atoms with E-state index in [1.807, 2.05) is 0 Å². The van der Waals surface area contributed by atoms with Gasteiger partial charge in [0.25, 0.3) is 5.97 Å². The molecule has 0 amide bonds. The Kier molecular flexibility index (Phi) is 7.35. The van der Waals surface area contributed by atoms with Crippen molar-refractivity contribution in [2.75, 3.05) is 0 Å². The second-order valence-corrected chi connectivity index (χ2v) is 2.62. The first kappa shape index (κ1) is 11.0. The molecule has 0 fully saturated rings. The molecular formula is C10H16O2. The molecule has 0 aromatic carbocycles. The Labute approximate surface area is 73.6 Å². The average Bonchev–Trinajstić information content (AvgIpc) is 1.82. The molecule has 0 spiro atoms. The molecule has 0 aromatic rings. The molecule has 0 radical (unpaired) electrons. The van der Waals surface area contributed by atoms with Gasteiger partial charge in [0.1, 0.15) is 0 Å². The van der Waals surface area contributed by atoms with E-state index in [4.69, 9.17) is 9.90 Å². The molecule has 2 heteroatoms. The van der Waals surface area contributed by atoms with Crippen molar-refractivity contribution >= 4 is 5.97 Å². The van der Waals surface area contributed by atoms with Gasteiger partial charge in [0.2, 0.25) is 0 Å². The summed E-state index contributed by atoms with van der Waals surface area (Å²) in [7, 11) is 0. The van der Waals surface area contributed by atoms with Gasteiger partial charge in [0.15, 0.2) is 0 Å². The van der Waals surface area contributed by atoms with Crippen molar-refractivity contribution in [2.24, 2.45) is 0 Å². The number of hydrogen-bond acceptors (Lipinski definition) is 1. The van der Waals surface area contributed by atoms with Crippen molar-refractivity contribution in [1.29, 1.82) is 0 Å². The summed E-state index contributed by atoms with van der Waals surface area (Å²) < 4.78 is 0. The van der Waals surface area contributed by atoms with Gasteiger partial charge in [-0.1, -0.05) is 24.3 Å². The van der Waals surface area contributed by atoms with Gasteiger partial charge in [-0.25, -0.2) is 0 Å². The predicted molar refractivity (Wildman–Crippen MR) is 50.1 cm³/mol. The lowest BCUT2D eigenvalue weighted by Crippen LogP contribution is -1.78. The lowest BCUT2D eigenvalue weighted by molar-refractivity contribution is -0.134. The van der Waals surface area contributed by atoms with E-state index in [-0.39, 0.29) is 0 Å². The van der Waals surface area contributed by atoms with Crippen LogP contribution in [0.2, 0.25) is 0 Å². The highest BCUT2D eigenvalue weighted by molar-refractivity contribution is 5.62. The lowest BCUT2D eigenvalue weighted by Gasteiger charge is -1.92. The van der Waals surface area contributed by atoms with Gasteiger partial charge in [-0.05, 0) is 25.7 Å². The fourth-order valence-corrected chi connectivity index (χ4v) is 0.856. The third kappa shape index (κ3) is 11.7. The monoisotopic (exact) mass is 168 g/mol. The molecule has 0 saturated carbocycles. The molecule has 1 rings (SSSR count). The third-order valence-electron chi connectivity index (χ3n) is 1.33. The first-order valence-corrected chi connectivity index (χ1v) is 4.23. The Morgan fingerprint density at radius 1 is 1.00 bits per heavy atom. The van der Waals surface area contributed by atoms with E-state index in [1.54, 1.807) is 0 Å². The first-order valence-electron chi connectivity index (χ1n) is 4.23. The summed E-state index contributed by atoms with van der Waals surface area (Å²) >= 11 is 0. The number of aliphatic carboxylic acids is 1. The molecule has 0 aromatic heterocycles. The van der Waals surface area contributed by atoms with Crippen LogP contribution >= 0.6 is 0 Å². The Morgan fingerprint density at radius 3 is 1.33 bits per heavy atom. The summed E-state index contributed by atoms with van der Waals surface area (Å²) in [5.74, 6) is -0.833. The summed E-state index contributed by atoms with van der Waals surface area (Å²) in [5.41, 5.74) is 0. The molecule has 1 N–H and O–H groups in total. The molecule has 0 bridgehead atoms. The van der Waals surface area contributed by atoms with Gasteiger partial charge in [-0.15, -0.1) is 0 Å². The molecule has 68 valence electrons. The Bertz CT molecular complexity index is 139. The Balaban J connectivity index is 0.000000261. The summed E-state index contributed by atoms with van der Waals surface area (Å²) in [6, 6.07) is 0. The van der Waals surface area contributed by atoms with E-state index in [1.165, 1.54) is 25.7 Å². The van der Waals surface area contributed by atoms with Crippen LogP contribution in [-0.2, 0) is 4.79 Å². The number of carboxylic acids is 1. The zero-order valence-corrected chi connectivity index (χ0v) is 7.49. The predicted octanol–water partition coefficient (Wildman–Crippen LogP) is 2.76. The number of rotatable bonds is 0. The number of allylic oxidation sites excluding steroid dienone is 4. The van der Waals surface area contributed by atoms with Gasteiger partial charge >= 0.3 is 0 Å². The minimum atomic E-state index is -0.833. The lowest BCUT2D eigenvalue weighted by atomic mass is 10.1. The van der Waals surface area contributed by atoms with Crippen molar-refractivity contribution in [3.63, 3.8) is 0 Å². The Hall–Kier alpha value is -1.05. The maximum atomic E-state index is 9.00. The smallest absolute Gasteiger partial charge is 0.300 e. The third-order valence-corrected chi connectivity index (χ3v) is 1.33. The fraction of sp³-hybridized carbons (Fsp3) is 0.500. The SMILES string of the molecule is C1=CCCC=CCC1.CC(=O)O. The average molecular weight is 168 g/mol. The standard InChI is InChI=1S/C8H12.C2H4O2/c1-2-4-6-8-7-5-3-1;1-2(3)4/h1-2,7-8H,3-6H2;1H3,(H,3,4). The van der Waals surface area contributed by atoms with Gasteiger partial charge < -0.3 is 5.11 Å². The number of hydrogen-bond donors (Lipinski definition) is 1. The Morgan fingerprint density at radius 2 is 1.17 bits per heavy atom. The van der Waals surface area contributed by atoms with Crippen LogP contribution in [-0.4, -0.2) is 11.1 Å². The van der Waals surface area contributed by atoms with Crippen LogP contribution in [0.4, 0.5) is 0 Å². The molecular weight excluding hydrogens is 152 g/mol. The largest absolute Gasteiger partial charge is 0.481 e. The van der Waals surface area contributed by atoms with E-state index in [0.29, 0.717) is 0 Å². The second kappa shape index (κ2) is 8.05. The molecule has 0 saturated heterocycles. The highest BCUT2D eigenvalue weighted by Crippen LogP contribution is 2.02. The van der Waals surface area contributed by atoms with Crippen LogP contribution < -0.4 is 0 Å². The fourth-order valence-electron chi connectivity index (χ4n) is 0.856. The van der Waals surface area contributed by atoms with Crippen molar-refractivity contribution < 1.29 is 9.90 Å². The van der Waals surface area contributed by atoms with E-state index in [9.17, 15) is 0 Å².